The maximum absolute atomic E-state index is 12.1. The quantitative estimate of drug-likeness (QED) is 0.887. The largest absolute Gasteiger partial charge is 0.342 e. The summed E-state index contributed by atoms with van der Waals surface area (Å²) in [6.45, 7) is 1.75. The number of amides is 2. The Hall–Kier alpha value is -3.21. The van der Waals surface area contributed by atoms with Gasteiger partial charge in [0.25, 0.3) is 0 Å². The lowest BCUT2D eigenvalue weighted by Gasteiger charge is -2.09. The molecule has 3 heterocycles. The lowest BCUT2D eigenvalue weighted by molar-refractivity contribution is -0.115. The van der Waals surface area contributed by atoms with E-state index in [1.807, 2.05) is 6.07 Å². The van der Waals surface area contributed by atoms with Crippen LogP contribution < -0.4 is 10.6 Å². The zero-order chi connectivity index (χ0) is 16.4. The van der Waals surface area contributed by atoms with Gasteiger partial charge in [-0.25, -0.2) is 9.78 Å². The van der Waals surface area contributed by atoms with Gasteiger partial charge in [-0.05, 0) is 18.6 Å². The van der Waals surface area contributed by atoms with Gasteiger partial charge >= 0.3 is 6.03 Å². The molecule has 0 saturated heterocycles. The minimum Gasteiger partial charge on any atom is -0.333 e. The molecule has 0 aliphatic carbocycles. The smallest absolute Gasteiger partial charge is 0.333 e. The average molecular weight is 310 g/mol. The number of nitrogens with one attached hydrogen (secondary N) is 2. The second-order valence-electron chi connectivity index (χ2n) is 5.30. The van der Waals surface area contributed by atoms with Gasteiger partial charge in [-0.2, -0.15) is 15.0 Å². The number of rotatable bonds is 3. The number of pyridine rings is 1. The molecule has 0 aromatic carbocycles. The van der Waals surface area contributed by atoms with Gasteiger partial charge in [-0.1, -0.05) is 0 Å². The number of carbonyl (C=O) groups excluding carboxylic acids is 2. The maximum Gasteiger partial charge on any atom is 0.342 e. The summed E-state index contributed by atoms with van der Waals surface area (Å²) in [6.07, 6.45) is 5.24. The molecule has 1 aliphatic rings. The first-order valence-electron chi connectivity index (χ1n) is 7.09. The molecular formula is C15H14N6O2. The van der Waals surface area contributed by atoms with Gasteiger partial charge < -0.3 is 10.6 Å². The Kier molecular flexibility index (Phi) is 3.76. The topological polar surface area (TPSA) is 113 Å². The van der Waals surface area contributed by atoms with Crippen LogP contribution in [0.15, 0.2) is 24.7 Å². The SMILES string of the molecule is CC(CC#N)NC(=O)n1cc(-c2ccnc3c2CC(=O)N3)cn1. The molecule has 0 spiro atoms. The molecule has 8 nitrogen and oxygen atoms in total. The molecule has 116 valence electrons. The Bertz CT molecular complexity index is 820. The summed E-state index contributed by atoms with van der Waals surface area (Å²) < 4.78 is 1.18. The van der Waals surface area contributed by atoms with Gasteiger partial charge in [-0.3, -0.25) is 4.79 Å². The van der Waals surface area contributed by atoms with Crippen molar-refractivity contribution in [3.05, 3.63) is 30.2 Å². The number of hydrogen-bond acceptors (Lipinski definition) is 5. The highest BCUT2D eigenvalue weighted by Gasteiger charge is 2.23. The van der Waals surface area contributed by atoms with Gasteiger partial charge in [0.05, 0.1) is 25.1 Å². The van der Waals surface area contributed by atoms with E-state index in [0.29, 0.717) is 5.82 Å². The van der Waals surface area contributed by atoms with E-state index < -0.39 is 6.03 Å². The number of nitriles is 1. The van der Waals surface area contributed by atoms with Gasteiger partial charge in [0.2, 0.25) is 5.91 Å². The van der Waals surface area contributed by atoms with Gasteiger partial charge in [0.1, 0.15) is 5.82 Å². The fourth-order valence-electron chi connectivity index (χ4n) is 2.42. The Balaban J connectivity index is 1.84. The van der Waals surface area contributed by atoms with Crippen LogP contribution in [0.3, 0.4) is 0 Å². The summed E-state index contributed by atoms with van der Waals surface area (Å²) in [6, 6.07) is 3.12. The van der Waals surface area contributed by atoms with E-state index >= 15 is 0 Å². The highest BCUT2D eigenvalue weighted by Crippen LogP contribution is 2.31. The van der Waals surface area contributed by atoms with E-state index in [-0.39, 0.29) is 24.8 Å². The average Bonchev–Trinajstić information content (AvgIpc) is 3.12. The van der Waals surface area contributed by atoms with Crippen molar-refractivity contribution in [2.24, 2.45) is 0 Å². The molecule has 0 bridgehead atoms. The lowest BCUT2D eigenvalue weighted by Crippen LogP contribution is -2.35. The fraction of sp³-hybridized carbons (Fsp3) is 0.267. The first kappa shape index (κ1) is 14.7. The Labute approximate surface area is 132 Å². The van der Waals surface area contributed by atoms with E-state index in [1.54, 1.807) is 31.6 Å². The summed E-state index contributed by atoms with van der Waals surface area (Å²) in [5.41, 5.74) is 2.34. The molecule has 23 heavy (non-hydrogen) atoms. The van der Waals surface area contributed by atoms with Crippen molar-refractivity contribution in [1.82, 2.24) is 20.1 Å². The van der Waals surface area contributed by atoms with Crippen LogP contribution in [0.25, 0.3) is 11.1 Å². The zero-order valence-corrected chi connectivity index (χ0v) is 12.4. The summed E-state index contributed by atoms with van der Waals surface area (Å²) in [5.74, 6) is 0.447. The molecular weight excluding hydrogens is 296 g/mol. The lowest BCUT2D eigenvalue weighted by atomic mass is 10.0. The third-order valence-corrected chi connectivity index (χ3v) is 3.52. The van der Waals surface area contributed by atoms with Crippen molar-refractivity contribution in [3.63, 3.8) is 0 Å². The molecule has 0 saturated carbocycles. The summed E-state index contributed by atoms with van der Waals surface area (Å²) in [4.78, 5) is 27.7. The standard InChI is InChI=1S/C15H14N6O2/c1-9(2-4-16)19-15(23)21-8-10(7-18-21)11-3-5-17-14-12(11)6-13(22)20-14/h3,5,7-9H,2,6H2,1H3,(H,19,23)(H,17,20,22). The highest BCUT2D eigenvalue weighted by atomic mass is 16.2. The monoisotopic (exact) mass is 310 g/mol. The van der Waals surface area contributed by atoms with Gasteiger partial charge in [0.15, 0.2) is 0 Å². The highest BCUT2D eigenvalue weighted by molar-refractivity contribution is 6.00. The number of carbonyl (C=O) groups is 2. The van der Waals surface area contributed by atoms with E-state index in [4.69, 9.17) is 5.26 Å². The maximum atomic E-state index is 12.1. The number of nitrogens with zero attached hydrogens (tertiary/aromatic N) is 4. The molecule has 1 atom stereocenters. The zero-order valence-electron chi connectivity index (χ0n) is 12.4. The molecule has 0 radical (unpaired) electrons. The molecule has 2 aromatic rings. The van der Waals surface area contributed by atoms with Crippen LogP contribution in [0.1, 0.15) is 18.9 Å². The first-order valence-corrected chi connectivity index (χ1v) is 7.09. The number of hydrogen-bond donors (Lipinski definition) is 2. The van der Waals surface area contributed by atoms with E-state index in [2.05, 4.69) is 20.7 Å². The Morgan fingerprint density at radius 3 is 3.22 bits per heavy atom. The predicted octanol–water partition coefficient (Wildman–Crippen LogP) is 1.30. The molecule has 2 aromatic heterocycles. The van der Waals surface area contributed by atoms with Crippen LogP contribution in [0.2, 0.25) is 0 Å². The number of anilines is 1. The normalized spacial score (nSPS) is 13.8. The second-order valence-corrected chi connectivity index (χ2v) is 5.30. The first-order chi connectivity index (χ1) is 11.1. The van der Waals surface area contributed by atoms with Crippen LogP contribution in [0, 0.1) is 11.3 Å². The molecule has 8 heteroatoms. The van der Waals surface area contributed by atoms with Crippen LogP contribution in [-0.4, -0.2) is 32.7 Å². The van der Waals surface area contributed by atoms with Crippen molar-refractivity contribution < 1.29 is 9.59 Å². The number of aromatic nitrogens is 3. The Morgan fingerprint density at radius 1 is 1.61 bits per heavy atom. The predicted molar refractivity (Wildman–Crippen MR) is 81.4 cm³/mol. The fourth-order valence-corrected chi connectivity index (χ4v) is 2.42. The summed E-state index contributed by atoms with van der Waals surface area (Å²) >= 11 is 0. The Morgan fingerprint density at radius 2 is 2.43 bits per heavy atom. The second kappa shape index (κ2) is 5.88. The third kappa shape index (κ3) is 2.89. The third-order valence-electron chi connectivity index (χ3n) is 3.52. The molecule has 1 aliphatic heterocycles. The van der Waals surface area contributed by atoms with Crippen molar-refractivity contribution in [2.45, 2.75) is 25.8 Å². The summed E-state index contributed by atoms with van der Waals surface area (Å²) in [7, 11) is 0. The van der Waals surface area contributed by atoms with Crippen LogP contribution in [0.4, 0.5) is 10.6 Å². The van der Waals surface area contributed by atoms with Crippen LogP contribution in [-0.2, 0) is 11.2 Å². The van der Waals surface area contributed by atoms with E-state index in [1.165, 1.54) is 4.68 Å². The minimum atomic E-state index is -0.404. The molecule has 0 fully saturated rings. The summed E-state index contributed by atoms with van der Waals surface area (Å²) in [5, 5.41) is 18.0. The number of fused-ring (bicyclic) bond motifs is 1. The molecule has 2 N–H and O–H groups in total. The van der Waals surface area contributed by atoms with E-state index in [9.17, 15) is 9.59 Å². The van der Waals surface area contributed by atoms with Crippen molar-refractivity contribution in [2.75, 3.05) is 5.32 Å². The molecule has 1 unspecified atom stereocenters. The van der Waals surface area contributed by atoms with Crippen LogP contribution >= 0.6 is 0 Å². The van der Waals surface area contributed by atoms with Crippen LogP contribution in [0.5, 0.6) is 0 Å². The van der Waals surface area contributed by atoms with Crippen molar-refractivity contribution in [3.8, 4) is 17.2 Å². The van der Waals surface area contributed by atoms with Gasteiger partial charge in [-0.15, -0.1) is 0 Å². The molecule has 2 amide bonds. The van der Waals surface area contributed by atoms with Crippen molar-refractivity contribution in [1.29, 1.82) is 5.26 Å². The van der Waals surface area contributed by atoms with E-state index in [0.717, 1.165) is 16.7 Å². The minimum absolute atomic E-state index is 0.101. The molecule has 3 rings (SSSR count). The van der Waals surface area contributed by atoms with Gasteiger partial charge in [0, 0.05) is 29.6 Å². The van der Waals surface area contributed by atoms with Crippen molar-refractivity contribution >= 4 is 17.8 Å².